The molecule has 0 aromatic rings. The Balaban J connectivity index is 1.67. The number of carbonyl (C=O) groups excluding carboxylic acids is 1. The van der Waals surface area contributed by atoms with Crippen molar-refractivity contribution < 1.29 is 4.79 Å². The van der Waals surface area contributed by atoms with E-state index in [2.05, 4.69) is 22.2 Å². The van der Waals surface area contributed by atoms with Gasteiger partial charge in [-0.2, -0.15) is 0 Å². The topological polar surface area (TPSA) is 35.6 Å². The molecule has 0 spiro atoms. The Morgan fingerprint density at radius 3 is 2.79 bits per heavy atom. The maximum atomic E-state index is 12.0. The van der Waals surface area contributed by atoms with Gasteiger partial charge < -0.3 is 10.2 Å². The molecule has 2 rings (SSSR count). The van der Waals surface area contributed by atoms with Crippen LogP contribution in [0.1, 0.15) is 44.9 Å². The summed E-state index contributed by atoms with van der Waals surface area (Å²) in [5, 5.41) is 3.02. The molecule has 0 aromatic carbocycles. The Labute approximate surface area is 117 Å². The molecule has 0 bridgehead atoms. The van der Waals surface area contributed by atoms with Crippen LogP contribution in [0.25, 0.3) is 0 Å². The molecule has 2 fully saturated rings. The first-order chi connectivity index (χ1) is 9.27. The van der Waals surface area contributed by atoms with Gasteiger partial charge in [-0.25, -0.2) is 0 Å². The molecule has 2 heterocycles. The second kappa shape index (κ2) is 7.85. The van der Waals surface area contributed by atoms with Crippen LogP contribution in [-0.4, -0.2) is 61.5 Å². The summed E-state index contributed by atoms with van der Waals surface area (Å²) >= 11 is 0. The standard InChI is InChI=1S/C15H29N3O/c1-17(14-8-3-4-9-16-15(14)19)10-7-13-18-11-5-2-6-12-18/h14H,2-13H2,1H3,(H,16,19). The maximum absolute atomic E-state index is 12.0. The predicted octanol–water partition coefficient (Wildman–Crippen LogP) is 1.46. The van der Waals surface area contributed by atoms with Crippen molar-refractivity contribution in [1.29, 1.82) is 0 Å². The van der Waals surface area contributed by atoms with E-state index < -0.39 is 0 Å². The van der Waals surface area contributed by atoms with Crippen molar-refractivity contribution in [2.24, 2.45) is 0 Å². The lowest BCUT2D eigenvalue weighted by Crippen LogP contribution is -2.44. The van der Waals surface area contributed by atoms with Crippen molar-refractivity contribution in [3.8, 4) is 0 Å². The summed E-state index contributed by atoms with van der Waals surface area (Å²) < 4.78 is 0. The molecule has 19 heavy (non-hydrogen) atoms. The molecule has 1 N–H and O–H groups in total. The second-order valence-electron chi connectivity index (χ2n) is 6.04. The fourth-order valence-electron chi connectivity index (χ4n) is 3.23. The van der Waals surface area contributed by atoms with Crippen LogP contribution in [0.2, 0.25) is 0 Å². The first-order valence-corrected chi connectivity index (χ1v) is 7.97. The molecule has 1 amide bonds. The van der Waals surface area contributed by atoms with Gasteiger partial charge in [-0.3, -0.25) is 9.69 Å². The van der Waals surface area contributed by atoms with Gasteiger partial charge in [0.15, 0.2) is 0 Å². The molecule has 0 saturated carbocycles. The fourth-order valence-corrected chi connectivity index (χ4v) is 3.23. The summed E-state index contributed by atoms with van der Waals surface area (Å²) in [5.74, 6) is 0.234. The highest BCUT2D eigenvalue weighted by molar-refractivity contribution is 5.81. The lowest BCUT2D eigenvalue weighted by Gasteiger charge is -2.29. The largest absolute Gasteiger partial charge is 0.355 e. The lowest BCUT2D eigenvalue weighted by molar-refractivity contribution is -0.125. The molecule has 0 aliphatic carbocycles. The molecular weight excluding hydrogens is 238 g/mol. The molecule has 0 radical (unpaired) electrons. The van der Waals surface area contributed by atoms with Gasteiger partial charge >= 0.3 is 0 Å². The highest BCUT2D eigenvalue weighted by atomic mass is 16.2. The average molecular weight is 267 g/mol. The van der Waals surface area contributed by atoms with E-state index in [0.29, 0.717) is 0 Å². The van der Waals surface area contributed by atoms with E-state index in [1.165, 1.54) is 51.7 Å². The lowest BCUT2D eigenvalue weighted by atomic mass is 10.1. The van der Waals surface area contributed by atoms with Crippen LogP contribution in [0.15, 0.2) is 0 Å². The number of carbonyl (C=O) groups is 1. The number of hydrogen-bond donors (Lipinski definition) is 1. The van der Waals surface area contributed by atoms with Crippen molar-refractivity contribution in [3.63, 3.8) is 0 Å². The van der Waals surface area contributed by atoms with Gasteiger partial charge in [-0.1, -0.05) is 6.42 Å². The summed E-state index contributed by atoms with van der Waals surface area (Å²) in [6, 6.07) is 0.101. The molecule has 4 nitrogen and oxygen atoms in total. The molecule has 1 atom stereocenters. The Morgan fingerprint density at radius 2 is 2.00 bits per heavy atom. The van der Waals surface area contributed by atoms with Gasteiger partial charge in [0.25, 0.3) is 0 Å². The van der Waals surface area contributed by atoms with Crippen LogP contribution >= 0.6 is 0 Å². The second-order valence-corrected chi connectivity index (χ2v) is 6.04. The van der Waals surface area contributed by atoms with Gasteiger partial charge in [0.1, 0.15) is 0 Å². The summed E-state index contributed by atoms with van der Waals surface area (Å²) in [7, 11) is 2.10. The van der Waals surface area contributed by atoms with E-state index in [-0.39, 0.29) is 11.9 Å². The van der Waals surface area contributed by atoms with E-state index in [4.69, 9.17) is 0 Å². The highest BCUT2D eigenvalue weighted by Crippen LogP contribution is 2.12. The van der Waals surface area contributed by atoms with Gasteiger partial charge in [-0.05, 0) is 71.8 Å². The Hall–Kier alpha value is -0.610. The number of likely N-dealkylation sites (tertiary alicyclic amines) is 1. The van der Waals surface area contributed by atoms with Crippen LogP contribution in [0.3, 0.4) is 0 Å². The predicted molar refractivity (Wildman–Crippen MR) is 78.2 cm³/mol. The van der Waals surface area contributed by atoms with Gasteiger partial charge in [0.05, 0.1) is 6.04 Å². The number of nitrogens with zero attached hydrogens (tertiary/aromatic N) is 2. The van der Waals surface area contributed by atoms with Crippen LogP contribution in [0, 0.1) is 0 Å². The molecular formula is C15H29N3O. The van der Waals surface area contributed by atoms with Crippen LogP contribution in [0.5, 0.6) is 0 Å². The Kier molecular flexibility index (Phi) is 6.11. The third-order valence-corrected chi connectivity index (χ3v) is 4.47. The number of piperidine rings is 1. The van der Waals surface area contributed by atoms with Crippen molar-refractivity contribution in [2.45, 2.75) is 51.0 Å². The summed E-state index contributed by atoms with van der Waals surface area (Å²) in [4.78, 5) is 16.8. The zero-order valence-electron chi connectivity index (χ0n) is 12.4. The van der Waals surface area contributed by atoms with Crippen molar-refractivity contribution in [1.82, 2.24) is 15.1 Å². The molecule has 1 unspecified atom stereocenters. The van der Waals surface area contributed by atoms with Crippen molar-refractivity contribution in [3.05, 3.63) is 0 Å². The normalized spacial score (nSPS) is 26.2. The maximum Gasteiger partial charge on any atom is 0.237 e. The Morgan fingerprint density at radius 1 is 1.21 bits per heavy atom. The van der Waals surface area contributed by atoms with Crippen molar-refractivity contribution >= 4 is 5.91 Å². The van der Waals surface area contributed by atoms with E-state index in [1.54, 1.807) is 0 Å². The van der Waals surface area contributed by atoms with Gasteiger partial charge in [0, 0.05) is 6.54 Å². The SMILES string of the molecule is CN(CCCN1CCCCC1)C1CCCCNC1=O. The summed E-state index contributed by atoms with van der Waals surface area (Å²) in [5.41, 5.74) is 0. The van der Waals surface area contributed by atoms with Crippen molar-refractivity contribution in [2.75, 3.05) is 39.8 Å². The van der Waals surface area contributed by atoms with Crippen LogP contribution in [-0.2, 0) is 4.79 Å². The van der Waals surface area contributed by atoms with Gasteiger partial charge in [-0.15, -0.1) is 0 Å². The Bertz CT molecular complexity index is 277. The minimum absolute atomic E-state index is 0.101. The quantitative estimate of drug-likeness (QED) is 0.819. The zero-order valence-corrected chi connectivity index (χ0v) is 12.4. The minimum Gasteiger partial charge on any atom is -0.355 e. The van der Waals surface area contributed by atoms with Crippen LogP contribution in [0.4, 0.5) is 0 Å². The third-order valence-electron chi connectivity index (χ3n) is 4.47. The average Bonchev–Trinajstić information content (AvgIpc) is 2.64. The first kappa shape index (κ1) is 14.8. The van der Waals surface area contributed by atoms with E-state index in [0.717, 1.165) is 25.9 Å². The number of amides is 1. The fraction of sp³-hybridized carbons (Fsp3) is 0.933. The van der Waals surface area contributed by atoms with E-state index >= 15 is 0 Å². The molecule has 2 aliphatic heterocycles. The third kappa shape index (κ3) is 4.77. The number of rotatable bonds is 5. The number of likely N-dealkylation sites (N-methyl/N-ethyl adjacent to an activating group) is 1. The molecule has 4 heteroatoms. The summed E-state index contributed by atoms with van der Waals surface area (Å²) in [6.07, 6.45) is 8.62. The minimum atomic E-state index is 0.101. The molecule has 110 valence electrons. The summed E-state index contributed by atoms with van der Waals surface area (Å²) in [6.45, 7) is 5.63. The first-order valence-electron chi connectivity index (χ1n) is 7.97. The zero-order chi connectivity index (χ0) is 13.5. The van der Waals surface area contributed by atoms with Gasteiger partial charge in [0.2, 0.25) is 5.91 Å². The monoisotopic (exact) mass is 267 g/mol. The molecule has 0 aromatic heterocycles. The molecule has 2 saturated heterocycles. The van der Waals surface area contributed by atoms with E-state index in [9.17, 15) is 4.79 Å². The number of hydrogen-bond acceptors (Lipinski definition) is 3. The smallest absolute Gasteiger partial charge is 0.237 e. The van der Waals surface area contributed by atoms with Crippen LogP contribution < -0.4 is 5.32 Å². The molecule has 2 aliphatic rings. The highest BCUT2D eigenvalue weighted by Gasteiger charge is 2.24. The number of nitrogens with one attached hydrogen (secondary N) is 1. The van der Waals surface area contributed by atoms with E-state index in [1.807, 2.05) is 0 Å².